The maximum Gasteiger partial charge on any atom is 0.320 e. The van der Waals surface area contributed by atoms with Gasteiger partial charge in [-0.2, -0.15) is 5.10 Å². The van der Waals surface area contributed by atoms with E-state index in [9.17, 15) is 13.6 Å². The van der Waals surface area contributed by atoms with Crippen LogP contribution in [0.25, 0.3) is 11.1 Å². The lowest BCUT2D eigenvalue weighted by molar-refractivity contribution is 0.121. The number of hydrogen-bond acceptors (Lipinski definition) is 2. The first-order chi connectivity index (χ1) is 14.6. The maximum atomic E-state index is 14.0. The smallest absolute Gasteiger partial charge is 0.320 e. The highest BCUT2D eigenvalue weighted by molar-refractivity contribution is 5.76. The summed E-state index contributed by atoms with van der Waals surface area (Å²) in [6.07, 6.45) is 2.70. The van der Waals surface area contributed by atoms with Gasteiger partial charge < -0.3 is 9.80 Å². The number of benzene rings is 2. The van der Waals surface area contributed by atoms with Crippen LogP contribution in [0.15, 0.2) is 54.7 Å². The number of carbonyl (C=O) groups is 1. The molecule has 5 rings (SSSR count). The van der Waals surface area contributed by atoms with Crippen molar-refractivity contribution in [2.24, 2.45) is 0 Å². The molecule has 2 fully saturated rings. The van der Waals surface area contributed by atoms with Crippen LogP contribution in [0.4, 0.5) is 13.6 Å². The minimum Gasteiger partial charge on any atom is -0.324 e. The number of nitrogens with zero attached hydrogens (tertiary/aromatic N) is 3. The van der Waals surface area contributed by atoms with Crippen LogP contribution >= 0.6 is 0 Å². The highest BCUT2D eigenvalue weighted by atomic mass is 19.1. The predicted molar refractivity (Wildman–Crippen MR) is 109 cm³/mol. The number of aromatic amines is 1. The van der Waals surface area contributed by atoms with Gasteiger partial charge in [0.15, 0.2) is 0 Å². The lowest BCUT2D eigenvalue weighted by Gasteiger charge is -2.41. The van der Waals surface area contributed by atoms with E-state index in [2.05, 4.69) is 10.2 Å². The molecular formula is C23H22F2N4O. The number of H-pyrrole nitrogens is 1. The molecule has 0 aliphatic carbocycles. The molecule has 0 spiro atoms. The molecule has 2 saturated heterocycles. The van der Waals surface area contributed by atoms with Crippen molar-refractivity contribution in [2.75, 3.05) is 26.2 Å². The Morgan fingerprint density at radius 2 is 1.73 bits per heavy atom. The summed E-state index contributed by atoms with van der Waals surface area (Å²) < 4.78 is 27.1. The number of aromatic nitrogens is 2. The molecule has 1 N–H and O–H groups in total. The zero-order valence-corrected chi connectivity index (χ0v) is 16.4. The summed E-state index contributed by atoms with van der Waals surface area (Å²) in [6.45, 7) is 2.87. The van der Waals surface area contributed by atoms with Gasteiger partial charge >= 0.3 is 6.03 Å². The molecule has 0 saturated carbocycles. The molecule has 1 aromatic heterocycles. The minimum atomic E-state index is -0.582. The van der Waals surface area contributed by atoms with E-state index in [1.807, 2.05) is 40.1 Å². The lowest BCUT2D eigenvalue weighted by atomic mass is 9.90. The van der Waals surface area contributed by atoms with Gasteiger partial charge in [-0.25, -0.2) is 13.6 Å². The van der Waals surface area contributed by atoms with Gasteiger partial charge in [0.05, 0.1) is 0 Å². The van der Waals surface area contributed by atoms with E-state index in [0.717, 1.165) is 36.8 Å². The Morgan fingerprint density at radius 1 is 0.967 bits per heavy atom. The first kappa shape index (κ1) is 18.8. The Kier molecular flexibility index (Phi) is 4.73. The van der Waals surface area contributed by atoms with Crippen LogP contribution in [0.2, 0.25) is 0 Å². The number of carbonyl (C=O) groups excluding carboxylic acids is 1. The maximum absolute atomic E-state index is 14.0. The van der Waals surface area contributed by atoms with Crippen LogP contribution in [-0.4, -0.2) is 52.2 Å². The van der Waals surface area contributed by atoms with Crippen molar-refractivity contribution in [1.82, 2.24) is 20.0 Å². The fourth-order valence-corrected chi connectivity index (χ4v) is 4.39. The van der Waals surface area contributed by atoms with Crippen LogP contribution in [-0.2, 0) is 0 Å². The van der Waals surface area contributed by atoms with Crippen LogP contribution in [0.5, 0.6) is 0 Å². The van der Waals surface area contributed by atoms with Crippen molar-refractivity contribution in [3.63, 3.8) is 0 Å². The van der Waals surface area contributed by atoms with Gasteiger partial charge in [0.25, 0.3) is 0 Å². The zero-order chi connectivity index (χ0) is 20.7. The monoisotopic (exact) mass is 408 g/mol. The molecule has 0 bridgehead atoms. The van der Waals surface area contributed by atoms with Crippen LogP contribution in [0.3, 0.4) is 0 Å². The van der Waals surface area contributed by atoms with Gasteiger partial charge in [-0.1, -0.05) is 24.3 Å². The van der Waals surface area contributed by atoms with E-state index in [4.69, 9.17) is 0 Å². The Bertz CT molecular complexity index is 1050. The van der Waals surface area contributed by atoms with E-state index < -0.39 is 11.6 Å². The number of amides is 2. The molecule has 2 aliphatic rings. The molecule has 2 amide bonds. The minimum absolute atomic E-state index is 0.0956. The third-order valence-corrected chi connectivity index (χ3v) is 6.20. The molecule has 5 nitrogen and oxygen atoms in total. The number of halogens is 2. The Hall–Kier alpha value is -3.22. The van der Waals surface area contributed by atoms with Gasteiger partial charge in [0, 0.05) is 61.5 Å². The highest BCUT2D eigenvalue weighted by Gasteiger charge is 2.37. The fourth-order valence-electron chi connectivity index (χ4n) is 4.39. The molecule has 7 heteroatoms. The number of urea groups is 1. The fraction of sp³-hybridized carbons (Fsp3) is 0.304. The van der Waals surface area contributed by atoms with Gasteiger partial charge in [0.1, 0.15) is 11.6 Å². The summed E-state index contributed by atoms with van der Waals surface area (Å²) in [4.78, 5) is 16.6. The predicted octanol–water partition coefficient (Wildman–Crippen LogP) is 4.36. The summed E-state index contributed by atoms with van der Waals surface area (Å²) >= 11 is 0. The van der Waals surface area contributed by atoms with Crippen LogP contribution in [0, 0.1) is 11.6 Å². The summed E-state index contributed by atoms with van der Waals surface area (Å²) in [5, 5.41) is 7.00. The summed E-state index contributed by atoms with van der Waals surface area (Å²) in [5.74, 6) is -0.539. The largest absolute Gasteiger partial charge is 0.324 e. The normalized spacial score (nSPS) is 19.2. The number of likely N-dealkylation sites (tertiary alicyclic amines) is 2. The first-order valence-corrected chi connectivity index (χ1v) is 10.2. The van der Waals surface area contributed by atoms with Crippen molar-refractivity contribution < 1.29 is 13.6 Å². The molecule has 0 unspecified atom stereocenters. The van der Waals surface area contributed by atoms with E-state index in [-0.39, 0.29) is 11.9 Å². The molecule has 3 aromatic rings. The zero-order valence-electron chi connectivity index (χ0n) is 16.4. The number of hydrogen-bond donors (Lipinski definition) is 1. The van der Waals surface area contributed by atoms with Crippen molar-refractivity contribution in [1.29, 1.82) is 0 Å². The standard InChI is InChI=1S/C23H22F2N4O/c24-19-5-6-20(21(25)11-19)16-3-1-15(2-4-16)18-13-29(14-18)23(30)28-10-8-17(12-28)22-7-9-26-27-22/h1-7,9,11,17-18H,8,10,12-14H2,(H,26,27)/t17-/m0/s1. The second-order valence-corrected chi connectivity index (χ2v) is 8.07. The SMILES string of the molecule is O=C(N1CC(c2ccc(-c3ccc(F)cc3F)cc2)C1)N1CC[C@H](c2ccn[nH]2)C1. The van der Waals surface area contributed by atoms with E-state index >= 15 is 0 Å². The number of nitrogens with one attached hydrogen (secondary N) is 1. The van der Waals surface area contributed by atoms with Crippen molar-refractivity contribution in [3.05, 3.63) is 77.6 Å². The van der Waals surface area contributed by atoms with Crippen molar-refractivity contribution >= 4 is 6.03 Å². The summed E-state index contributed by atoms with van der Waals surface area (Å²) in [6, 6.07) is 13.3. The molecule has 30 heavy (non-hydrogen) atoms. The van der Waals surface area contributed by atoms with E-state index in [1.54, 1.807) is 6.20 Å². The molecule has 2 aromatic carbocycles. The second-order valence-electron chi connectivity index (χ2n) is 8.07. The average Bonchev–Trinajstić information content (AvgIpc) is 3.39. The molecule has 154 valence electrons. The summed E-state index contributed by atoms with van der Waals surface area (Å²) in [7, 11) is 0. The molecule has 0 radical (unpaired) electrons. The second kappa shape index (κ2) is 7.55. The van der Waals surface area contributed by atoms with Gasteiger partial charge in [-0.05, 0) is 35.7 Å². The lowest BCUT2D eigenvalue weighted by Crippen LogP contribution is -2.53. The highest BCUT2D eigenvalue weighted by Crippen LogP contribution is 2.32. The van der Waals surface area contributed by atoms with Gasteiger partial charge in [0.2, 0.25) is 0 Å². The van der Waals surface area contributed by atoms with E-state index in [1.165, 1.54) is 12.1 Å². The molecule has 1 atom stereocenters. The Morgan fingerprint density at radius 3 is 2.43 bits per heavy atom. The third kappa shape index (κ3) is 3.44. The van der Waals surface area contributed by atoms with Crippen molar-refractivity contribution in [3.8, 4) is 11.1 Å². The molecular weight excluding hydrogens is 386 g/mol. The summed E-state index contributed by atoms with van der Waals surface area (Å²) in [5.41, 5.74) is 3.31. The first-order valence-electron chi connectivity index (χ1n) is 10.2. The topological polar surface area (TPSA) is 52.2 Å². The number of rotatable bonds is 3. The van der Waals surface area contributed by atoms with E-state index in [0.29, 0.717) is 30.1 Å². The average molecular weight is 408 g/mol. The van der Waals surface area contributed by atoms with Gasteiger partial charge in [-0.3, -0.25) is 5.10 Å². The van der Waals surface area contributed by atoms with Crippen LogP contribution < -0.4 is 0 Å². The van der Waals surface area contributed by atoms with Gasteiger partial charge in [-0.15, -0.1) is 0 Å². The quantitative estimate of drug-likeness (QED) is 0.700. The Balaban J connectivity index is 1.18. The molecule has 3 heterocycles. The third-order valence-electron chi connectivity index (χ3n) is 6.20. The molecule has 2 aliphatic heterocycles. The van der Waals surface area contributed by atoms with Crippen LogP contribution in [0.1, 0.15) is 29.5 Å². The Labute approximate surface area is 173 Å². The van der Waals surface area contributed by atoms with Crippen molar-refractivity contribution in [2.45, 2.75) is 18.3 Å².